The number of rotatable bonds is 4. The quantitative estimate of drug-likeness (QED) is 0.588. The molecule has 0 spiro atoms. The molecule has 0 amide bonds. The zero-order chi connectivity index (χ0) is 22.1. The van der Waals surface area contributed by atoms with Gasteiger partial charge in [0.05, 0.1) is 6.10 Å². The Labute approximate surface area is 184 Å². The molecule has 1 aliphatic heterocycles. The van der Waals surface area contributed by atoms with E-state index in [1.807, 2.05) is 19.1 Å². The van der Waals surface area contributed by atoms with Crippen LogP contribution in [0.4, 0.5) is 0 Å². The zero-order valence-corrected chi connectivity index (χ0v) is 18.2. The van der Waals surface area contributed by atoms with Gasteiger partial charge in [-0.05, 0) is 75.6 Å². The highest BCUT2D eigenvalue weighted by atomic mass is 16.5. The van der Waals surface area contributed by atoms with Crippen molar-refractivity contribution in [2.75, 3.05) is 6.54 Å². The van der Waals surface area contributed by atoms with Gasteiger partial charge in [0.2, 0.25) is 0 Å². The molecule has 0 aliphatic carbocycles. The van der Waals surface area contributed by atoms with Crippen molar-refractivity contribution in [1.82, 2.24) is 5.32 Å². The fraction of sp³-hybridized carbons (Fsp3) is 0.423. The molecular weight excluding hydrogens is 390 g/mol. The Kier molecular flexibility index (Phi) is 8.53. The van der Waals surface area contributed by atoms with Gasteiger partial charge in [-0.3, -0.25) is 0 Å². The molecule has 0 fully saturated rings. The highest BCUT2D eigenvalue weighted by molar-refractivity contribution is 5.97. The molecule has 5 heteroatoms. The molecule has 2 aromatic carbocycles. The third-order valence-corrected chi connectivity index (χ3v) is 5.72. The van der Waals surface area contributed by atoms with Crippen molar-refractivity contribution in [3.8, 4) is 11.5 Å². The summed E-state index contributed by atoms with van der Waals surface area (Å²) in [6.07, 6.45) is 10.3. The average molecular weight is 424 g/mol. The highest BCUT2D eigenvalue weighted by Crippen LogP contribution is 2.30. The van der Waals surface area contributed by atoms with Crippen LogP contribution in [0.25, 0.3) is 6.08 Å². The van der Waals surface area contributed by atoms with E-state index in [1.54, 1.807) is 6.08 Å². The van der Waals surface area contributed by atoms with Gasteiger partial charge in [-0.2, -0.15) is 0 Å². The summed E-state index contributed by atoms with van der Waals surface area (Å²) in [6, 6.07) is 13.6. The van der Waals surface area contributed by atoms with Crippen molar-refractivity contribution in [2.24, 2.45) is 0 Å². The van der Waals surface area contributed by atoms with Crippen LogP contribution in [0.1, 0.15) is 66.9 Å². The molecule has 31 heavy (non-hydrogen) atoms. The molecular formula is C26H33NO4. The van der Waals surface area contributed by atoms with E-state index >= 15 is 0 Å². The number of carbonyl (C=O) groups is 1. The number of nitrogens with one attached hydrogen (secondary N) is 1. The lowest BCUT2D eigenvalue weighted by atomic mass is 10.00. The first-order valence-corrected chi connectivity index (χ1v) is 11.2. The van der Waals surface area contributed by atoms with Gasteiger partial charge in [-0.15, -0.1) is 0 Å². The second-order valence-electron chi connectivity index (χ2n) is 8.30. The summed E-state index contributed by atoms with van der Waals surface area (Å²) in [7, 11) is 0. The summed E-state index contributed by atoms with van der Waals surface area (Å²) in [5, 5.41) is 23.7. The Bertz CT molecular complexity index is 878. The molecule has 5 nitrogen and oxygen atoms in total. The van der Waals surface area contributed by atoms with E-state index in [4.69, 9.17) is 4.74 Å². The first-order chi connectivity index (χ1) is 15.0. The van der Waals surface area contributed by atoms with E-state index in [0.29, 0.717) is 11.6 Å². The van der Waals surface area contributed by atoms with Crippen LogP contribution in [0.3, 0.4) is 0 Å². The van der Waals surface area contributed by atoms with Crippen molar-refractivity contribution >= 4 is 12.0 Å². The first kappa shape index (κ1) is 22.9. The molecule has 3 rings (SSSR count). The molecule has 0 saturated carbocycles. The molecule has 0 saturated heterocycles. The number of ether oxygens (including phenoxy) is 1. The van der Waals surface area contributed by atoms with Gasteiger partial charge in [0, 0.05) is 12.1 Å². The lowest BCUT2D eigenvalue weighted by molar-refractivity contribution is 0.0315. The predicted octanol–water partition coefficient (Wildman–Crippen LogP) is 5.21. The van der Waals surface area contributed by atoms with Crippen molar-refractivity contribution in [2.45, 2.75) is 64.0 Å². The van der Waals surface area contributed by atoms with Crippen molar-refractivity contribution in [3.63, 3.8) is 0 Å². The number of phenolic OH excluding ortho intramolecular Hbond substituents is 2. The van der Waals surface area contributed by atoms with Gasteiger partial charge in [0.25, 0.3) is 0 Å². The van der Waals surface area contributed by atoms with Crippen LogP contribution < -0.4 is 5.32 Å². The number of carbonyl (C=O) groups excluding carboxylic acids is 1. The molecule has 0 unspecified atom stereocenters. The maximum atomic E-state index is 12.6. The number of allylic oxidation sites excluding steroid dienone is 1. The number of hydrogen-bond acceptors (Lipinski definition) is 5. The summed E-state index contributed by atoms with van der Waals surface area (Å²) in [6.45, 7) is 2.83. The minimum atomic E-state index is -0.556. The molecule has 2 atom stereocenters. The molecule has 2 aromatic rings. The number of cyclic esters (lactones) is 1. The molecule has 1 aliphatic rings. The molecule has 0 aromatic heterocycles. The topological polar surface area (TPSA) is 78.8 Å². The standard InChI is InChI=1S/C26H33NO4/c1-19-9-8-14-22(27-16-15-20-10-4-2-5-11-20)13-7-3-6-12-21-17-23(28)18-24(29)25(21)26(30)31-19/h2,4-6,10-12,17-19,22,27-29H,3,7-9,13-16H2,1H3/t19-,22-/m0/s1. The summed E-state index contributed by atoms with van der Waals surface area (Å²) < 4.78 is 5.58. The maximum absolute atomic E-state index is 12.6. The van der Waals surface area contributed by atoms with E-state index in [2.05, 4.69) is 29.6 Å². The number of esters is 1. The second-order valence-corrected chi connectivity index (χ2v) is 8.30. The van der Waals surface area contributed by atoms with Crippen LogP contribution in [-0.4, -0.2) is 34.9 Å². The van der Waals surface area contributed by atoms with Crippen molar-refractivity contribution in [3.05, 3.63) is 65.2 Å². The summed E-state index contributed by atoms with van der Waals surface area (Å²) in [5.74, 6) is -0.892. The molecule has 3 N–H and O–H groups in total. The van der Waals surface area contributed by atoms with E-state index in [9.17, 15) is 15.0 Å². The Morgan fingerprint density at radius 1 is 1.06 bits per heavy atom. The zero-order valence-electron chi connectivity index (χ0n) is 18.2. The van der Waals surface area contributed by atoms with Gasteiger partial charge < -0.3 is 20.3 Å². The number of aromatic hydroxyl groups is 2. The number of benzene rings is 2. The number of hydrogen-bond donors (Lipinski definition) is 3. The summed E-state index contributed by atoms with van der Waals surface area (Å²) in [4.78, 5) is 12.6. The highest BCUT2D eigenvalue weighted by Gasteiger charge is 2.21. The fourth-order valence-corrected chi connectivity index (χ4v) is 4.05. The van der Waals surface area contributed by atoms with Gasteiger partial charge in [0.15, 0.2) is 0 Å². The molecule has 0 bridgehead atoms. The fourth-order valence-electron chi connectivity index (χ4n) is 4.05. The van der Waals surface area contributed by atoms with Crippen LogP contribution in [-0.2, 0) is 11.2 Å². The summed E-state index contributed by atoms with van der Waals surface area (Å²) >= 11 is 0. The lowest BCUT2D eigenvalue weighted by Gasteiger charge is -2.21. The van der Waals surface area contributed by atoms with Crippen LogP contribution in [0, 0.1) is 0 Å². The third-order valence-electron chi connectivity index (χ3n) is 5.72. The van der Waals surface area contributed by atoms with Crippen LogP contribution >= 0.6 is 0 Å². The Morgan fingerprint density at radius 3 is 2.65 bits per heavy atom. The second kappa shape index (κ2) is 11.6. The Balaban J connectivity index is 1.65. The van der Waals surface area contributed by atoms with Gasteiger partial charge in [0.1, 0.15) is 17.1 Å². The van der Waals surface area contributed by atoms with Crippen LogP contribution in [0.15, 0.2) is 48.5 Å². The van der Waals surface area contributed by atoms with Crippen molar-refractivity contribution < 1.29 is 19.7 Å². The van der Waals surface area contributed by atoms with E-state index in [-0.39, 0.29) is 23.2 Å². The van der Waals surface area contributed by atoms with Crippen LogP contribution in [0.2, 0.25) is 0 Å². The molecule has 0 radical (unpaired) electrons. The van der Waals surface area contributed by atoms with Crippen LogP contribution in [0.5, 0.6) is 11.5 Å². The minimum Gasteiger partial charge on any atom is -0.508 e. The summed E-state index contributed by atoms with van der Waals surface area (Å²) in [5.41, 5.74) is 1.92. The lowest BCUT2D eigenvalue weighted by Crippen LogP contribution is -2.31. The predicted molar refractivity (Wildman–Crippen MR) is 123 cm³/mol. The number of phenols is 2. The largest absolute Gasteiger partial charge is 0.508 e. The van der Waals surface area contributed by atoms with Gasteiger partial charge in [-0.1, -0.05) is 42.5 Å². The van der Waals surface area contributed by atoms with Gasteiger partial charge in [-0.25, -0.2) is 4.79 Å². The van der Waals surface area contributed by atoms with E-state index in [1.165, 1.54) is 17.7 Å². The average Bonchev–Trinajstić information content (AvgIpc) is 2.72. The van der Waals surface area contributed by atoms with E-state index < -0.39 is 5.97 Å². The van der Waals surface area contributed by atoms with Gasteiger partial charge >= 0.3 is 5.97 Å². The maximum Gasteiger partial charge on any atom is 0.342 e. The Hall–Kier alpha value is -2.79. The smallest absolute Gasteiger partial charge is 0.342 e. The Morgan fingerprint density at radius 2 is 1.84 bits per heavy atom. The molecule has 1 heterocycles. The SMILES string of the molecule is C[C@H]1CCC[C@@H](NCCc2ccccc2)CCCC=Cc2cc(O)cc(O)c2C(=O)O1. The van der Waals surface area contributed by atoms with E-state index in [0.717, 1.165) is 51.5 Å². The van der Waals surface area contributed by atoms with Crippen molar-refractivity contribution in [1.29, 1.82) is 0 Å². The number of fused-ring (bicyclic) bond motifs is 1. The third kappa shape index (κ3) is 7.14. The first-order valence-electron chi connectivity index (χ1n) is 11.2. The minimum absolute atomic E-state index is 0.0782. The normalized spacial score (nSPS) is 20.5. The monoisotopic (exact) mass is 423 g/mol. The molecule has 166 valence electrons.